The van der Waals surface area contributed by atoms with E-state index in [1.165, 1.54) is 12.1 Å². The van der Waals surface area contributed by atoms with Crippen molar-refractivity contribution in [3.8, 4) is 11.4 Å². The van der Waals surface area contributed by atoms with Gasteiger partial charge >= 0.3 is 0 Å². The van der Waals surface area contributed by atoms with Crippen molar-refractivity contribution in [2.75, 3.05) is 13.7 Å². The smallest absolute Gasteiger partial charge is 0.234 e. The maximum Gasteiger partial charge on any atom is 0.234 e. The van der Waals surface area contributed by atoms with Crippen LogP contribution in [0.4, 0.5) is 4.39 Å². The van der Waals surface area contributed by atoms with E-state index in [0.717, 1.165) is 47.1 Å². The van der Waals surface area contributed by atoms with Crippen molar-refractivity contribution in [1.82, 2.24) is 14.5 Å². The number of hydrogen-bond donors (Lipinski definition) is 0. The predicted molar refractivity (Wildman–Crippen MR) is 132 cm³/mol. The summed E-state index contributed by atoms with van der Waals surface area (Å²) < 4.78 is 21.1. The van der Waals surface area contributed by atoms with E-state index in [-0.39, 0.29) is 5.82 Å². The molecule has 1 aliphatic heterocycles. The Labute approximate surface area is 200 Å². The first kappa shape index (κ1) is 23.5. The summed E-state index contributed by atoms with van der Waals surface area (Å²) in [6.45, 7) is 9.06. The number of nitrogens with zero attached hydrogens (tertiary/aromatic N) is 4. The van der Waals surface area contributed by atoms with Gasteiger partial charge in [0.1, 0.15) is 11.6 Å². The second-order valence-corrected chi connectivity index (χ2v) is 9.05. The molecule has 0 saturated heterocycles. The zero-order valence-corrected chi connectivity index (χ0v) is 20.3. The number of imidazole rings is 1. The Kier molecular flexibility index (Phi) is 6.72. The summed E-state index contributed by atoms with van der Waals surface area (Å²) in [5.41, 5.74) is 2.88. The number of aryl methyl sites for hydroxylation is 1. The van der Waals surface area contributed by atoms with E-state index in [9.17, 15) is 4.39 Å². The topological polar surface area (TPSA) is 51.9 Å². The summed E-state index contributed by atoms with van der Waals surface area (Å²) in [5.74, 6) is 1.72. The van der Waals surface area contributed by atoms with Gasteiger partial charge in [-0.25, -0.2) is 9.37 Å². The molecule has 4 rings (SSSR count). The number of oxime groups is 1. The van der Waals surface area contributed by atoms with Crippen molar-refractivity contribution in [1.29, 1.82) is 0 Å². The van der Waals surface area contributed by atoms with Crippen LogP contribution in [0.1, 0.15) is 44.0 Å². The van der Waals surface area contributed by atoms with Crippen molar-refractivity contribution in [2.45, 2.75) is 39.8 Å². The Morgan fingerprint density at radius 3 is 2.56 bits per heavy atom. The van der Waals surface area contributed by atoms with Crippen LogP contribution in [0.25, 0.3) is 11.8 Å². The minimum absolute atomic E-state index is 0.275. The van der Waals surface area contributed by atoms with Gasteiger partial charge in [-0.3, -0.25) is 0 Å². The first-order valence-corrected chi connectivity index (χ1v) is 11.5. The van der Waals surface area contributed by atoms with Crippen molar-refractivity contribution < 1.29 is 14.0 Å². The van der Waals surface area contributed by atoms with Gasteiger partial charge in [0.25, 0.3) is 0 Å². The lowest BCUT2D eigenvalue weighted by Crippen LogP contribution is -2.44. The Balaban J connectivity index is 1.60. The number of halogens is 1. The predicted octanol–water partition coefficient (Wildman–Crippen LogP) is 5.91. The van der Waals surface area contributed by atoms with Gasteiger partial charge < -0.3 is 19.0 Å². The van der Waals surface area contributed by atoms with Gasteiger partial charge in [0.15, 0.2) is 5.84 Å². The van der Waals surface area contributed by atoms with Crippen LogP contribution in [0.2, 0.25) is 0 Å². The van der Waals surface area contributed by atoms with Crippen LogP contribution in [0.5, 0.6) is 5.75 Å². The molecular weight excluding hydrogens is 431 g/mol. The quantitative estimate of drug-likeness (QED) is 0.418. The molecule has 178 valence electrons. The molecule has 1 aliphatic rings. The molecule has 0 fully saturated rings. The van der Waals surface area contributed by atoms with Crippen molar-refractivity contribution in [2.24, 2.45) is 11.1 Å². The van der Waals surface area contributed by atoms with E-state index in [0.29, 0.717) is 5.92 Å². The third-order valence-electron chi connectivity index (χ3n) is 6.04. The molecule has 0 aliphatic carbocycles. The van der Waals surface area contributed by atoms with Gasteiger partial charge in [0.05, 0.1) is 24.8 Å². The largest absolute Gasteiger partial charge is 0.495 e. The summed E-state index contributed by atoms with van der Waals surface area (Å²) >= 11 is 0. The fraction of sp³-hybridized carbons (Fsp3) is 0.333. The van der Waals surface area contributed by atoms with E-state index in [1.54, 1.807) is 25.6 Å². The average molecular weight is 463 g/mol. The Hall–Kier alpha value is -3.61. The first-order valence-electron chi connectivity index (χ1n) is 11.5. The minimum atomic E-state index is -0.802. The zero-order chi connectivity index (χ0) is 24.3. The second kappa shape index (κ2) is 9.71. The van der Waals surface area contributed by atoms with Crippen LogP contribution >= 0.6 is 0 Å². The van der Waals surface area contributed by atoms with Crippen molar-refractivity contribution >= 4 is 11.9 Å². The highest BCUT2D eigenvalue weighted by molar-refractivity contribution is 5.97. The monoisotopic (exact) mass is 462 g/mol. The highest BCUT2D eigenvalue weighted by Crippen LogP contribution is 2.36. The number of amidine groups is 1. The molecule has 0 N–H and O–H groups in total. The third kappa shape index (κ3) is 4.83. The Morgan fingerprint density at radius 1 is 1.15 bits per heavy atom. The third-order valence-corrected chi connectivity index (χ3v) is 6.04. The Morgan fingerprint density at radius 2 is 1.91 bits per heavy atom. The standard InChI is InChI=1S/C27H31FN4O2/c1-19(2)14-15-32-26(30-34-27(32,4)22-8-10-23(28)11-9-22)13-7-21-6-12-24(25(16-21)33-5)31-17-20(3)29-18-31/h6-13,16-19H,14-15H2,1-5H3/b13-7+. The van der Waals surface area contributed by atoms with Gasteiger partial charge in [0, 0.05) is 25.2 Å². The van der Waals surface area contributed by atoms with Gasteiger partial charge in [0.2, 0.25) is 5.72 Å². The molecule has 1 atom stereocenters. The van der Waals surface area contributed by atoms with E-state index in [4.69, 9.17) is 9.57 Å². The molecule has 0 saturated carbocycles. The number of ether oxygens (including phenoxy) is 1. The van der Waals surface area contributed by atoms with Gasteiger partial charge in [-0.1, -0.05) is 43.3 Å². The molecule has 0 spiro atoms. The number of benzene rings is 2. The molecule has 2 aromatic carbocycles. The molecule has 0 radical (unpaired) electrons. The van der Waals surface area contributed by atoms with Crippen molar-refractivity contribution in [3.63, 3.8) is 0 Å². The average Bonchev–Trinajstić information content (AvgIpc) is 3.39. The summed E-state index contributed by atoms with van der Waals surface area (Å²) in [7, 11) is 1.66. The normalized spacial score (nSPS) is 18.0. The molecule has 3 aromatic rings. The summed E-state index contributed by atoms with van der Waals surface area (Å²) in [4.78, 5) is 12.4. The first-order chi connectivity index (χ1) is 16.3. The van der Waals surface area contributed by atoms with E-state index in [2.05, 4.69) is 28.9 Å². The Bertz CT molecular complexity index is 1200. The molecule has 6 nitrogen and oxygen atoms in total. The number of methoxy groups -OCH3 is 1. The minimum Gasteiger partial charge on any atom is -0.495 e. The molecule has 7 heteroatoms. The summed E-state index contributed by atoms with van der Waals surface area (Å²) in [6, 6.07) is 12.4. The van der Waals surface area contributed by atoms with Crippen LogP contribution < -0.4 is 4.74 Å². The van der Waals surface area contributed by atoms with Gasteiger partial charge in [-0.05, 0) is 55.2 Å². The lowest BCUT2D eigenvalue weighted by molar-refractivity contribution is -0.0912. The highest BCUT2D eigenvalue weighted by Gasteiger charge is 2.42. The highest BCUT2D eigenvalue weighted by atomic mass is 19.1. The van der Waals surface area contributed by atoms with Crippen LogP contribution in [0.3, 0.4) is 0 Å². The SMILES string of the molecule is COc1cc(/C=C/C2=NOC(C)(c3ccc(F)cc3)N2CCC(C)C)ccc1-n1cnc(C)c1. The van der Waals surface area contributed by atoms with Gasteiger partial charge in [-0.2, -0.15) is 0 Å². The van der Waals surface area contributed by atoms with Crippen LogP contribution in [0, 0.1) is 18.7 Å². The summed E-state index contributed by atoms with van der Waals surface area (Å²) in [6.07, 6.45) is 8.65. The van der Waals surface area contributed by atoms with Crippen molar-refractivity contribution in [3.05, 3.63) is 83.7 Å². The molecular formula is C27H31FN4O2. The maximum absolute atomic E-state index is 13.5. The lowest BCUT2D eigenvalue weighted by atomic mass is 10.0. The molecule has 0 amide bonds. The zero-order valence-electron chi connectivity index (χ0n) is 20.3. The second-order valence-electron chi connectivity index (χ2n) is 9.05. The molecule has 1 unspecified atom stereocenters. The van der Waals surface area contributed by atoms with E-state index in [1.807, 2.05) is 55.0 Å². The molecule has 1 aromatic heterocycles. The summed E-state index contributed by atoms with van der Waals surface area (Å²) in [5, 5.41) is 4.39. The number of hydrogen-bond acceptors (Lipinski definition) is 5. The van der Waals surface area contributed by atoms with Crippen LogP contribution in [0.15, 0.2) is 66.2 Å². The fourth-order valence-electron chi connectivity index (χ4n) is 3.99. The van der Waals surface area contributed by atoms with Crippen LogP contribution in [-0.4, -0.2) is 33.9 Å². The maximum atomic E-state index is 13.5. The van der Waals surface area contributed by atoms with Crippen LogP contribution in [-0.2, 0) is 10.6 Å². The van der Waals surface area contributed by atoms with E-state index >= 15 is 0 Å². The number of rotatable bonds is 8. The molecule has 2 heterocycles. The lowest BCUT2D eigenvalue weighted by Gasteiger charge is -2.34. The molecule has 34 heavy (non-hydrogen) atoms. The molecule has 0 bridgehead atoms. The fourth-order valence-corrected chi connectivity index (χ4v) is 3.99. The number of aromatic nitrogens is 2. The van der Waals surface area contributed by atoms with E-state index < -0.39 is 5.72 Å². The van der Waals surface area contributed by atoms with Gasteiger partial charge in [-0.15, -0.1) is 0 Å².